The van der Waals surface area contributed by atoms with Gasteiger partial charge in [-0.2, -0.15) is 0 Å². The average Bonchev–Trinajstić information content (AvgIpc) is 2.97. The fraction of sp³-hybridized carbons (Fsp3) is 0.455. The second-order valence-electron chi connectivity index (χ2n) is 3.66. The fourth-order valence-electron chi connectivity index (χ4n) is 1.93. The molecule has 0 aliphatic carbocycles. The number of hydrogen-bond acceptors (Lipinski definition) is 4. The quantitative estimate of drug-likeness (QED) is 0.735. The average molecular weight is 239 g/mol. The van der Waals surface area contributed by atoms with E-state index in [9.17, 15) is 9.59 Å². The molecule has 86 valence electrons. The molecular formula is C11H13NO3S. The van der Waals surface area contributed by atoms with Gasteiger partial charge in [0.15, 0.2) is 0 Å². The minimum absolute atomic E-state index is 0.0668. The molecule has 2 rings (SSSR count). The molecule has 5 heteroatoms. The molecule has 1 saturated heterocycles. The molecule has 1 aliphatic rings. The molecule has 0 bridgehead atoms. The first kappa shape index (κ1) is 11.1. The molecule has 1 aromatic rings. The van der Waals surface area contributed by atoms with Crippen LogP contribution in [-0.4, -0.2) is 36.5 Å². The molecule has 0 N–H and O–H groups in total. The van der Waals surface area contributed by atoms with Crippen molar-refractivity contribution in [3.63, 3.8) is 0 Å². The van der Waals surface area contributed by atoms with Crippen LogP contribution in [0, 0.1) is 0 Å². The van der Waals surface area contributed by atoms with E-state index in [1.165, 1.54) is 18.4 Å². The third-order valence-corrected chi connectivity index (χ3v) is 3.58. The van der Waals surface area contributed by atoms with Gasteiger partial charge in [0.25, 0.3) is 5.91 Å². The SMILES string of the molecule is COC(=O)[C@@H]1CCCN1C(=O)c1cccs1. The van der Waals surface area contributed by atoms with Gasteiger partial charge < -0.3 is 9.64 Å². The van der Waals surface area contributed by atoms with E-state index in [1.54, 1.807) is 11.0 Å². The molecule has 1 aliphatic heterocycles. The Kier molecular flexibility index (Phi) is 3.24. The standard InChI is InChI=1S/C11H13NO3S/c1-15-11(14)8-4-2-6-12(8)10(13)9-5-3-7-16-9/h3,5,7-8H,2,4,6H2,1H3/t8-/m0/s1. The first-order chi connectivity index (χ1) is 7.74. The Labute approximate surface area is 97.8 Å². The van der Waals surface area contributed by atoms with Crippen LogP contribution in [0.25, 0.3) is 0 Å². The number of nitrogens with zero attached hydrogens (tertiary/aromatic N) is 1. The number of ether oxygens (including phenoxy) is 1. The van der Waals surface area contributed by atoms with Crippen LogP contribution in [0.4, 0.5) is 0 Å². The Balaban J connectivity index is 2.14. The van der Waals surface area contributed by atoms with Crippen LogP contribution in [0.15, 0.2) is 17.5 Å². The highest BCUT2D eigenvalue weighted by atomic mass is 32.1. The zero-order valence-electron chi connectivity index (χ0n) is 9.01. The summed E-state index contributed by atoms with van der Waals surface area (Å²) in [6, 6.07) is 3.21. The van der Waals surface area contributed by atoms with Crippen molar-refractivity contribution in [1.29, 1.82) is 0 Å². The fourth-order valence-corrected chi connectivity index (χ4v) is 2.61. The van der Waals surface area contributed by atoms with Crippen LogP contribution in [0.3, 0.4) is 0 Å². The van der Waals surface area contributed by atoms with Gasteiger partial charge in [-0.3, -0.25) is 4.79 Å². The van der Waals surface area contributed by atoms with Gasteiger partial charge in [0, 0.05) is 6.54 Å². The van der Waals surface area contributed by atoms with Gasteiger partial charge in [-0.25, -0.2) is 4.79 Å². The topological polar surface area (TPSA) is 46.6 Å². The van der Waals surface area contributed by atoms with Crippen LogP contribution in [-0.2, 0) is 9.53 Å². The van der Waals surface area contributed by atoms with Crippen LogP contribution >= 0.6 is 11.3 Å². The Bertz CT molecular complexity index is 388. The minimum atomic E-state index is -0.403. The Morgan fingerprint density at radius 1 is 1.56 bits per heavy atom. The van der Waals surface area contributed by atoms with E-state index >= 15 is 0 Å². The highest BCUT2D eigenvalue weighted by molar-refractivity contribution is 7.12. The molecule has 0 radical (unpaired) electrons. The van der Waals surface area contributed by atoms with E-state index in [0.29, 0.717) is 17.8 Å². The lowest BCUT2D eigenvalue weighted by Gasteiger charge is -2.21. The number of esters is 1. The maximum Gasteiger partial charge on any atom is 0.328 e. The van der Waals surface area contributed by atoms with E-state index in [4.69, 9.17) is 4.74 Å². The van der Waals surface area contributed by atoms with Crippen LogP contribution in [0.5, 0.6) is 0 Å². The summed E-state index contributed by atoms with van der Waals surface area (Å²) in [7, 11) is 1.36. The predicted octanol–water partition coefficient (Wildman–Crippen LogP) is 1.53. The summed E-state index contributed by atoms with van der Waals surface area (Å²) in [6.45, 7) is 0.635. The predicted molar refractivity (Wildman–Crippen MR) is 60.4 cm³/mol. The van der Waals surface area contributed by atoms with Crippen LogP contribution < -0.4 is 0 Å². The number of carbonyl (C=O) groups is 2. The first-order valence-electron chi connectivity index (χ1n) is 5.16. The summed E-state index contributed by atoms with van der Waals surface area (Å²) < 4.78 is 4.70. The molecule has 1 amide bonds. The Hall–Kier alpha value is -1.36. The summed E-state index contributed by atoms with van der Waals surface area (Å²) in [5.41, 5.74) is 0. The maximum absolute atomic E-state index is 12.1. The van der Waals surface area contributed by atoms with Crippen molar-refractivity contribution in [2.45, 2.75) is 18.9 Å². The second-order valence-corrected chi connectivity index (χ2v) is 4.60. The van der Waals surface area contributed by atoms with Crippen molar-refractivity contribution in [2.75, 3.05) is 13.7 Å². The van der Waals surface area contributed by atoms with Crippen molar-refractivity contribution in [1.82, 2.24) is 4.90 Å². The number of thiophene rings is 1. The Morgan fingerprint density at radius 2 is 2.38 bits per heavy atom. The van der Waals surface area contributed by atoms with Gasteiger partial charge in [0.2, 0.25) is 0 Å². The van der Waals surface area contributed by atoms with E-state index in [2.05, 4.69) is 0 Å². The van der Waals surface area contributed by atoms with Crippen LogP contribution in [0.2, 0.25) is 0 Å². The third-order valence-electron chi connectivity index (χ3n) is 2.72. The lowest BCUT2D eigenvalue weighted by atomic mass is 10.2. The maximum atomic E-state index is 12.1. The minimum Gasteiger partial charge on any atom is -0.467 e. The molecular weight excluding hydrogens is 226 g/mol. The summed E-state index contributed by atoms with van der Waals surface area (Å²) >= 11 is 1.40. The van der Waals surface area contributed by atoms with Crippen molar-refractivity contribution in [3.05, 3.63) is 22.4 Å². The normalized spacial score (nSPS) is 19.8. The summed E-state index contributed by atoms with van der Waals surface area (Å²) in [6.07, 6.45) is 1.56. The van der Waals surface area contributed by atoms with Gasteiger partial charge in [-0.1, -0.05) is 6.07 Å². The lowest BCUT2D eigenvalue weighted by molar-refractivity contribution is -0.145. The summed E-state index contributed by atoms with van der Waals surface area (Å²) in [5.74, 6) is -0.384. The molecule has 0 saturated carbocycles. The number of amides is 1. The van der Waals surface area contributed by atoms with Crippen molar-refractivity contribution >= 4 is 23.2 Å². The van der Waals surface area contributed by atoms with E-state index in [0.717, 1.165) is 6.42 Å². The van der Waals surface area contributed by atoms with Gasteiger partial charge >= 0.3 is 5.97 Å². The summed E-state index contributed by atoms with van der Waals surface area (Å²) in [4.78, 5) is 25.8. The highest BCUT2D eigenvalue weighted by Crippen LogP contribution is 2.22. The second kappa shape index (κ2) is 4.65. The molecule has 4 nitrogen and oxygen atoms in total. The number of likely N-dealkylation sites (tertiary alicyclic amines) is 1. The molecule has 1 aromatic heterocycles. The van der Waals surface area contributed by atoms with Gasteiger partial charge in [0.05, 0.1) is 12.0 Å². The van der Waals surface area contributed by atoms with Crippen LogP contribution in [0.1, 0.15) is 22.5 Å². The molecule has 0 unspecified atom stereocenters. The van der Waals surface area contributed by atoms with E-state index in [1.807, 2.05) is 11.4 Å². The highest BCUT2D eigenvalue weighted by Gasteiger charge is 2.35. The summed E-state index contributed by atoms with van der Waals surface area (Å²) in [5, 5.41) is 1.86. The van der Waals surface area contributed by atoms with E-state index in [-0.39, 0.29) is 11.9 Å². The smallest absolute Gasteiger partial charge is 0.328 e. The van der Waals surface area contributed by atoms with Crippen molar-refractivity contribution in [2.24, 2.45) is 0 Å². The molecule has 16 heavy (non-hydrogen) atoms. The molecule has 0 spiro atoms. The first-order valence-corrected chi connectivity index (χ1v) is 6.04. The monoisotopic (exact) mass is 239 g/mol. The van der Waals surface area contributed by atoms with Crippen molar-refractivity contribution < 1.29 is 14.3 Å². The van der Waals surface area contributed by atoms with Gasteiger partial charge in [-0.15, -0.1) is 11.3 Å². The lowest BCUT2D eigenvalue weighted by Crippen LogP contribution is -2.40. The molecule has 0 aromatic carbocycles. The molecule has 2 heterocycles. The molecule has 1 fully saturated rings. The zero-order chi connectivity index (χ0) is 11.5. The number of methoxy groups -OCH3 is 1. The van der Waals surface area contributed by atoms with Crippen molar-refractivity contribution in [3.8, 4) is 0 Å². The van der Waals surface area contributed by atoms with Gasteiger partial charge in [0.1, 0.15) is 6.04 Å². The number of rotatable bonds is 2. The number of carbonyl (C=O) groups excluding carboxylic acids is 2. The Morgan fingerprint density at radius 3 is 3.00 bits per heavy atom. The van der Waals surface area contributed by atoms with Gasteiger partial charge in [-0.05, 0) is 24.3 Å². The number of hydrogen-bond donors (Lipinski definition) is 0. The van der Waals surface area contributed by atoms with E-state index < -0.39 is 6.04 Å². The third kappa shape index (κ3) is 1.95. The largest absolute Gasteiger partial charge is 0.467 e. The zero-order valence-corrected chi connectivity index (χ0v) is 9.83. The molecule has 1 atom stereocenters.